The third-order valence-corrected chi connectivity index (χ3v) is 11.1. The van der Waals surface area contributed by atoms with Crippen LogP contribution in [-0.2, 0) is 19.1 Å². The Morgan fingerprint density at radius 2 is 1.64 bits per heavy atom. The fraction of sp³-hybridized carbons (Fsp3) is 0.852. The maximum Gasteiger partial charge on any atom is 0.339 e. The van der Waals surface area contributed by atoms with Gasteiger partial charge in [-0.2, -0.15) is 0 Å². The van der Waals surface area contributed by atoms with E-state index in [9.17, 15) is 19.8 Å². The minimum Gasteiger partial charge on any atom is -0.462 e. The first-order valence-corrected chi connectivity index (χ1v) is 12.8. The molecule has 0 amide bonds. The second kappa shape index (κ2) is 7.07. The number of fused-ring (bicyclic) bond motifs is 6. The molecule has 0 bridgehead atoms. The Morgan fingerprint density at radius 3 is 2.30 bits per heavy atom. The van der Waals surface area contributed by atoms with Crippen molar-refractivity contribution in [1.82, 2.24) is 0 Å². The molecule has 0 aromatic carbocycles. The van der Waals surface area contributed by atoms with Gasteiger partial charge in [-0.05, 0) is 72.5 Å². The molecule has 184 valence electrons. The summed E-state index contributed by atoms with van der Waals surface area (Å²) in [6.45, 7) is 13.1. The van der Waals surface area contributed by atoms with E-state index < -0.39 is 29.9 Å². The van der Waals surface area contributed by atoms with Crippen molar-refractivity contribution in [2.24, 2.45) is 39.4 Å². The first-order chi connectivity index (χ1) is 15.3. The van der Waals surface area contributed by atoms with Crippen molar-refractivity contribution in [3.05, 3.63) is 11.1 Å². The first-order valence-electron chi connectivity index (χ1n) is 12.8. The van der Waals surface area contributed by atoms with E-state index in [1.165, 1.54) is 19.8 Å². The highest BCUT2D eigenvalue weighted by atomic mass is 16.6. The quantitative estimate of drug-likeness (QED) is 0.572. The van der Waals surface area contributed by atoms with Crippen LogP contribution in [-0.4, -0.2) is 40.6 Å². The van der Waals surface area contributed by atoms with E-state index in [0.29, 0.717) is 30.3 Å². The number of cyclic esters (lactones) is 1. The molecule has 0 radical (unpaired) electrons. The molecule has 3 fully saturated rings. The lowest BCUT2D eigenvalue weighted by Gasteiger charge is -2.70. The molecule has 0 aromatic heterocycles. The van der Waals surface area contributed by atoms with Crippen LogP contribution in [0.4, 0.5) is 0 Å². The fourth-order valence-corrected chi connectivity index (χ4v) is 9.94. The molecule has 0 spiro atoms. The largest absolute Gasteiger partial charge is 0.462 e. The minimum atomic E-state index is -1.39. The lowest BCUT2D eigenvalue weighted by Crippen LogP contribution is -2.66. The van der Waals surface area contributed by atoms with Gasteiger partial charge in [-0.3, -0.25) is 4.79 Å². The van der Waals surface area contributed by atoms with Gasteiger partial charge in [-0.1, -0.05) is 41.0 Å². The molecule has 0 aromatic rings. The Kier molecular flexibility index (Phi) is 5.00. The molecule has 6 heteroatoms. The number of rotatable bonds is 1. The zero-order chi connectivity index (χ0) is 24.1. The summed E-state index contributed by atoms with van der Waals surface area (Å²) in [4.78, 5) is 24.8. The van der Waals surface area contributed by atoms with Crippen molar-refractivity contribution in [1.29, 1.82) is 0 Å². The van der Waals surface area contributed by atoms with Crippen LogP contribution >= 0.6 is 0 Å². The monoisotopic (exact) mass is 460 g/mol. The number of carbonyl (C=O) groups is 2. The van der Waals surface area contributed by atoms with E-state index in [1.807, 2.05) is 6.92 Å². The van der Waals surface area contributed by atoms with Crippen LogP contribution in [0.1, 0.15) is 86.5 Å². The van der Waals surface area contributed by atoms with Gasteiger partial charge in [0.15, 0.2) is 0 Å². The maximum atomic E-state index is 12.5. The molecule has 2 N–H and O–H groups in total. The van der Waals surface area contributed by atoms with Crippen molar-refractivity contribution in [2.75, 3.05) is 0 Å². The Morgan fingerprint density at radius 1 is 0.970 bits per heavy atom. The van der Waals surface area contributed by atoms with Gasteiger partial charge in [0.2, 0.25) is 6.29 Å². The fourth-order valence-electron chi connectivity index (χ4n) is 9.94. The van der Waals surface area contributed by atoms with Gasteiger partial charge in [-0.15, -0.1) is 0 Å². The molecular formula is C27H40O6. The summed E-state index contributed by atoms with van der Waals surface area (Å²) < 4.78 is 11.2. The average Bonchev–Trinajstić information content (AvgIpc) is 3.00. The second-order valence-corrected chi connectivity index (χ2v) is 13.0. The zero-order valence-electron chi connectivity index (χ0n) is 20.9. The van der Waals surface area contributed by atoms with Crippen LogP contribution in [0, 0.1) is 39.4 Å². The van der Waals surface area contributed by atoms with Crippen molar-refractivity contribution in [3.63, 3.8) is 0 Å². The number of aliphatic hydroxyl groups excluding tert-OH is 2. The van der Waals surface area contributed by atoms with Crippen LogP contribution in [0.15, 0.2) is 11.1 Å². The summed E-state index contributed by atoms with van der Waals surface area (Å²) in [5.74, 6) is -0.102. The zero-order valence-corrected chi connectivity index (χ0v) is 20.9. The molecular weight excluding hydrogens is 420 g/mol. The van der Waals surface area contributed by atoms with Gasteiger partial charge in [0.25, 0.3) is 0 Å². The number of hydrogen-bond donors (Lipinski definition) is 2. The van der Waals surface area contributed by atoms with Crippen LogP contribution in [0.3, 0.4) is 0 Å². The van der Waals surface area contributed by atoms with E-state index in [-0.39, 0.29) is 33.7 Å². The average molecular weight is 461 g/mol. The minimum absolute atomic E-state index is 0.0335. The molecule has 1 heterocycles. The summed E-state index contributed by atoms with van der Waals surface area (Å²) in [7, 11) is 0. The molecule has 5 aliphatic rings. The standard InChI is InChI=1S/C27H40O6/c1-14(28)32-19-13-17-25(4)10-7-9-24(2,3)16(25)8-11-26(17,5)18-12-15(29)20-21(27(18,19)6)23(31)33-22(20)30/h15-19,23,29,31H,7-13H2,1-6H3/t15-,16+,17-,18+,19+,23-,25+,26-,27-/m1/s1. The highest BCUT2D eigenvalue weighted by Crippen LogP contribution is 2.73. The lowest BCUT2D eigenvalue weighted by molar-refractivity contribution is -0.232. The summed E-state index contributed by atoms with van der Waals surface area (Å²) in [5.41, 5.74) is 0.154. The van der Waals surface area contributed by atoms with E-state index in [4.69, 9.17) is 9.47 Å². The maximum absolute atomic E-state index is 12.5. The van der Waals surface area contributed by atoms with Gasteiger partial charge in [0.1, 0.15) is 6.10 Å². The van der Waals surface area contributed by atoms with Crippen LogP contribution < -0.4 is 0 Å². The second-order valence-electron chi connectivity index (χ2n) is 13.0. The number of aliphatic hydroxyl groups is 2. The topological polar surface area (TPSA) is 93.1 Å². The van der Waals surface area contributed by atoms with E-state index in [1.54, 1.807) is 0 Å². The molecule has 5 rings (SSSR count). The van der Waals surface area contributed by atoms with Gasteiger partial charge >= 0.3 is 11.9 Å². The van der Waals surface area contributed by atoms with Crippen LogP contribution in [0.25, 0.3) is 0 Å². The predicted octanol–water partition coefficient (Wildman–Crippen LogP) is 4.13. The molecule has 0 saturated heterocycles. The van der Waals surface area contributed by atoms with Crippen LogP contribution in [0.2, 0.25) is 0 Å². The third kappa shape index (κ3) is 2.92. The smallest absolute Gasteiger partial charge is 0.339 e. The number of carbonyl (C=O) groups excluding carboxylic acids is 2. The van der Waals surface area contributed by atoms with Crippen molar-refractivity contribution >= 4 is 11.9 Å². The molecule has 4 aliphatic carbocycles. The van der Waals surface area contributed by atoms with Gasteiger partial charge in [0.05, 0.1) is 11.7 Å². The SMILES string of the molecule is CC(=O)O[C@H]1C[C@@H]2[C@@]3(C)CCCC(C)(C)[C@@H]3CC[C@@]2(C)[C@@H]2C[C@@H](O)C3=C([C@H](O)OC3=O)[C@@]12C. The van der Waals surface area contributed by atoms with Crippen molar-refractivity contribution < 1.29 is 29.3 Å². The summed E-state index contributed by atoms with van der Waals surface area (Å²) in [5, 5.41) is 21.9. The highest BCUT2D eigenvalue weighted by molar-refractivity contribution is 5.94. The Balaban J connectivity index is 1.67. The van der Waals surface area contributed by atoms with E-state index in [2.05, 4.69) is 27.7 Å². The Hall–Kier alpha value is -1.40. The number of ether oxygens (including phenoxy) is 2. The third-order valence-electron chi connectivity index (χ3n) is 11.1. The van der Waals surface area contributed by atoms with Crippen molar-refractivity contribution in [3.8, 4) is 0 Å². The normalized spacial score (nSPS) is 50.5. The highest BCUT2D eigenvalue weighted by Gasteiger charge is 2.70. The Labute approximate surface area is 197 Å². The summed E-state index contributed by atoms with van der Waals surface area (Å²) in [6, 6.07) is 0. The predicted molar refractivity (Wildman–Crippen MR) is 122 cm³/mol. The first kappa shape index (κ1) is 23.3. The lowest BCUT2D eigenvalue weighted by atomic mass is 9.35. The molecule has 1 aliphatic heterocycles. The number of esters is 2. The Bertz CT molecular complexity index is 922. The van der Waals surface area contributed by atoms with Gasteiger partial charge in [0, 0.05) is 17.9 Å². The molecule has 33 heavy (non-hydrogen) atoms. The summed E-state index contributed by atoms with van der Waals surface area (Å²) >= 11 is 0. The number of hydrogen-bond acceptors (Lipinski definition) is 6. The molecule has 6 nitrogen and oxygen atoms in total. The van der Waals surface area contributed by atoms with Gasteiger partial charge < -0.3 is 19.7 Å². The summed E-state index contributed by atoms with van der Waals surface area (Å²) in [6.07, 6.45) is 4.08. The van der Waals surface area contributed by atoms with E-state index in [0.717, 1.165) is 19.3 Å². The van der Waals surface area contributed by atoms with Crippen LogP contribution in [0.5, 0.6) is 0 Å². The molecule has 9 atom stereocenters. The molecule has 3 saturated carbocycles. The van der Waals surface area contributed by atoms with Crippen molar-refractivity contribution in [2.45, 2.75) is 105 Å². The van der Waals surface area contributed by atoms with E-state index >= 15 is 0 Å². The molecule has 0 unspecified atom stereocenters. The van der Waals surface area contributed by atoms with Gasteiger partial charge in [-0.25, -0.2) is 4.79 Å².